The summed E-state index contributed by atoms with van der Waals surface area (Å²) in [6, 6.07) is 7.48. The molecular weight excluding hydrogens is 332 g/mol. The first-order valence-corrected chi connectivity index (χ1v) is 8.05. The highest BCUT2D eigenvalue weighted by Crippen LogP contribution is 2.76. The number of para-hydroxylation sites is 2. The number of carbonyl (C=O) groups excluding carboxylic acids is 1. The predicted octanol–water partition coefficient (Wildman–Crippen LogP) is 2.27. The third-order valence-electron chi connectivity index (χ3n) is 5.51. The second kappa shape index (κ2) is 5.00. The second-order valence-electron chi connectivity index (χ2n) is 7.05. The lowest BCUT2D eigenvalue weighted by Gasteiger charge is -2.37. The number of carbonyl (C=O) groups is 2. The van der Waals surface area contributed by atoms with E-state index in [1.54, 1.807) is 7.05 Å². The van der Waals surface area contributed by atoms with E-state index in [1.807, 2.05) is 24.3 Å². The first kappa shape index (κ1) is 16.0. The van der Waals surface area contributed by atoms with Gasteiger partial charge in [-0.15, -0.1) is 0 Å². The summed E-state index contributed by atoms with van der Waals surface area (Å²) < 4.78 is 27.5. The molecule has 0 bridgehead atoms. The van der Waals surface area contributed by atoms with Crippen LogP contribution < -0.4 is 0 Å². The van der Waals surface area contributed by atoms with E-state index in [9.17, 15) is 18.4 Å². The number of carboxylic acids is 1. The van der Waals surface area contributed by atoms with Crippen LogP contribution in [0.15, 0.2) is 24.3 Å². The van der Waals surface area contributed by atoms with Crippen LogP contribution in [-0.4, -0.2) is 44.8 Å². The topological polar surface area (TPSA) is 86.3 Å². The van der Waals surface area contributed by atoms with Crippen molar-refractivity contribution in [3.05, 3.63) is 30.1 Å². The SMILES string of the molecule is CN(Cc1nc2ccccc2[nH]1)C(=O)C1CC2(C1)C(C(=O)O)C2(F)F. The lowest BCUT2D eigenvalue weighted by Crippen LogP contribution is -2.43. The van der Waals surface area contributed by atoms with E-state index < -0.39 is 29.1 Å². The van der Waals surface area contributed by atoms with E-state index in [-0.39, 0.29) is 25.3 Å². The first-order valence-electron chi connectivity index (χ1n) is 8.05. The Kier molecular flexibility index (Phi) is 3.20. The van der Waals surface area contributed by atoms with E-state index in [2.05, 4.69) is 9.97 Å². The average molecular weight is 349 g/mol. The van der Waals surface area contributed by atoms with Gasteiger partial charge in [-0.05, 0) is 25.0 Å². The number of imidazole rings is 1. The van der Waals surface area contributed by atoms with Crippen LogP contribution in [0.5, 0.6) is 0 Å². The molecule has 1 aromatic heterocycles. The largest absolute Gasteiger partial charge is 0.481 e. The summed E-state index contributed by atoms with van der Waals surface area (Å²) in [5.74, 6) is -6.52. The maximum atomic E-state index is 13.7. The van der Waals surface area contributed by atoms with Gasteiger partial charge in [0, 0.05) is 13.0 Å². The molecule has 1 unspecified atom stereocenters. The molecule has 25 heavy (non-hydrogen) atoms. The molecule has 2 aromatic rings. The van der Waals surface area contributed by atoms with Gasteiger partial charge < -0.3 is 15.0 Å². The monoisotopic (exact) mass is 349 g/mol. The minimum absolute atomic E-state index is 0.0692. The van der Waals surface area contributed by atoms with Crippen LogP contribution in [0, 0.1) is 17.3 Å². The molecule has 2 N–H and O–H groups in total. The summed E-state index contributed by atoms with van der Waals surface area (Å²) >= 11 is 0. The molecule has 1 atom stereocenters. The number of aromatic amines is 1. The fraction of sp³-hybridized carbons (Fsp3) is 0.471. The molecule has 6 nitrogen and oxygen atoms in total. The number of benzene rings is 1. The van der Waals surface area contributed by atoms with Crippen molar-refractivity contribution in [1.29, 1.82) is 0 Å². The van der Waals surface area contributed by atoms with Gasteiger partial charge in [0.2, 0.25) is 5.91 Å². The van der Waals surface area contributed by atoms with E-state index in [4.69, 9.17) is 5.11 Å². The quantitative estimate of drug-likeness (QED) is 0.887. The zero-order valence-electron chi connectivity index (χ0n) is 13.5. The Morgan fingerprint density at radius 1 is 1.36 bits per heavy atom. The van der Waals surface area contributed by atoms with Crippen LogP contribution in [0.2, 0.25) is 0 Å². The van der Waals surface area contributed by atoms with Crippen molar-refractivity contribution in [2.75, 3.05) is 7.05 Å². The summed E-state index contributed by atoms with van der Waals surface area (Å²) in [6.07, 6.45) is -0.138. The zero-order chi connectivity index (χ0) is 18.0. The molecule has 1 aromatic carbocycles. The van der Waals surface area contributed by atoms with Crippen LogP contribution in [0.4, 0.5) is 8.78 Å². The standard InChI is InChI=1S/C17H17F2N3O3/c1-22(8-12-20-10-4-2-3-5-11(10)21-12)14(23)9-6-16(7-9)13(15(24)25)17(16,18)19/h2-5,9,13H,6-8H2,1H3,(H,20,21)(H,24,25). The van der Waals surface area contributed by atoms with Crippen molar-refractivity contribution < 1.29 is 23.5 Å². The number of H-pyrrole nitrogens is 1. The molecule has 1 spiro atoms. The molecule has 1 amide bonds. The second-order valence-corrected chi connectivity index (χ2v) is 7.05. The number of nitrogens with zero attached hydrogens (tertiary/aromatic N) is 2. The smallest absolute Gasteiger partial charge is 0.313 e. The number of hydrogen-bond donors (Lipinski definition) is 2. The summed E-state index contributed by atoms with van der Waals surface area (Å²) in [7, 11) is 1.60. The van der Waals surface area contributed by atoms with Crippen LogP contribution in [0.1, 0.15) is 18.7 Å². The Morgan fingerprint density at radius 3 is 2.64 bits per heavy atom. The van der Waals surface area contributed by atoms with Crippen molar-refractivity contribution in [2.24, 2.45) is 17.3 Å². The fourth-order valence-corrected chi connectivity index (χ4v) is 4.10. The number of hydrogen-bond acceptors (Lipinski definition) is 3. The van der Waals surface area contributed by atoms with Gasteiger partial charge in [0.05, 0.1) is 23.0 Å². The number of halogens is 2. The highest BCUT2D eigenvalue weighted by Gasteiger charge is 2.87. The number of nitrogens with one attached hydrogen (secondary N) is 1. The van der Waals surface area contributed by atoms with Gasteiger partial charge in [-0.2, -0.15) is 0 Å². The Hall–Kier alpha value is -2.51. The maximum Gasteiger partial charge on any atom is 0.313 e. The predicted molar refractivity (Wildman–Crippen MR) is 83.8 cm³/mol. The van der Waals surface area contributed by atoms with Crippen molar-refractivity contribution >= 4 is 22.9 Å². The molecule has 132 valence electrons. The van der Waals surface area contributed by atoms with E-state index in [1.165, 1.54) is 4.90 Å². The molecule has 2 saturated carbocycles. The molecule has 8 heteroatoms. The van der Waals surface area contributed by atoms with Crippen molar-refractivity contribution in [2.45, 2.75) is 25.3 Å². The molecule has 4 rings (SSSR count). The third-order valence-corrected chi connectivity index (χ3v) is 5.51. The summed E-state index contributed by atoms with van der Waals surface area (Å²) in [5, 5.41) is 8.90. The summed E-state index contributed by atoms with van der Waals surface area (Å²) in [5.41, 5.74) is 0.144. The molecule has 0 saturated heterocycles. The van der Waals surface area contributed by atoms with E-state index in [0.29, 0.717) is 5.82 Å². The molecule has 1 heterocycles. The number of fused-ring (bicyclic) bond motifs is 1. The lowest BCUT2D eigenvalue weighted by molar-refractivity contribution is -0.145. The third kappa shape index (κ3) is 2.16. The van der Waals surface area contributed by atoms with Crippen molar-refractivity contribution in [1.82, 2.24) is 14.9 Å². The van der Waals surface area contributed by atoms with Crippen molar-refractivity contribution in [3.8, 4) is 0 Å². The Morgan fingerprint density at radius 2 is 2.04 bits per heavy atom. The average Bonchev–Trinajstić information content (AvgIpc) is 2.82. The van der Waals surface area contributed by atoms with Gasteiger partial charge in [-0.1, -0.05) is 12.1 Å². The number of alkyl halides is 2. The molecule has 0 radical (unpaired) electrons. The first-order chi connectivity index (χ1) is 11.8. The van der Waals surface area contributed by atoms with Crippen LogP contribution >= 0.6 is 0 Å². The van der Waals surface area contributed by atoms with E-state index in [0.717, 1.165) is 11.0 Å². The number of aromatic nitrogens is 2. The molecule has 2 fully saturated rings. The molecular formula is C17H17F2N3O3. The van der Waals surface area contributed by atoms with Gasteiger partial charge in [-0.25, -0.2) is 13.8 Å². The molecule has 2 aliphatic rings. The van der Waals surface area contributed by atoms with Crippen LogP contribution in [0.25, 0.3) is 11.0 Å². The minimum atomic E-state index is -3.20. The van der Waals surface area contributed by atoms with Gasteiger partial charge in [0.25, 0.3) is 5.92 Å². The number of aliphatic carboxylic acids is 1. The molecule has 2 aliphatic carbocycles. The van der Waals surface area contributed by atoms with Gasteiger partial charge in [0.15, 0.2) is 0 Å². The lowest BCUT2D eigenvalue weighted by atomic mass is 9.69. The summed E-state index contributed by atoms with van der Waals surface area (Å²) in [4.78, 5) is 32.3. The maximum absolute atomic E-state index is 13.7. The number of amides is 1. The number of rotatable bonds is 4. The zero-order valence-corrected chi connectivity index (χ0v) is 13.5. The van der Waals surface area contributed by atoms with Gasteiger partial charge in [0.1, 0.15) is 11.7 Å². The fourth-order valence-electron chi connectivity index (χ4n) is 4.10. The van der Waals surface area contributed by atoms with Crippen LogP contribution in [0.3, 0.4) is 0 Å². The van der Waals surface area contributed by atoms with Gasteiger partial charge >= 0.3 is 5.97 Å². The summed E-state index contributed by atoms with van der Waals surface area (Å²) in [6.45, 7) is 0.246. The Bertz CT molecular complexity index is 840. The minimum Gasteiger partial charge on any atom is -0.481 e. The highest BCUT2D eigenvalue weighted by molar-refractivity contribution is 5.84. The highest BCUT2D eigenvalue weighted by atomic mass is 19.3. The number of carboxylic acid groups (broad SMARTS) is 1. The Labute approximate surface area is 141 Å². The van der Waals surface area contributed by atoms with E-state index >= 15 is 0 Å². The Balaban J connectivity index is 1.40. The van der Waals surface area contributed by atoms with Crippen molar-refractivity contribution in [3.63, 3.8) is 0 Å². The molecule has 0 aliphatic heterocycles. The van der Waals surface area contributed by atoms with Crippen LogP contribution in [-0.2, 0) is 16.1 Å². The van der Waals surface area contributed by atoms with Gasteiger partial charge in [-0.3, -0.25) is 9.59 Å². The normalized spacial score (nSPS) is 29.4.